The summed E-state index contributed by atoms with van der Waals surface area (Å²) in [7, 11) is 0. The van der Waals surface area contributed by atoms with E-state index in [0.717, 1.165) is 12.8 Å². The van der Waals surface area contributed by atoms with Crippen molar-refractivity contribution >= 4 is 11.9 Å². The number of hydrogen-bond donors (Lipinski definition) is 3. The minimum absolute atomic E-state index is 0.251. The molecule has 0 atom stereocenters. The Morgan fingerprint density at radius 1 is 1.45 bits per heavy atom. The molecule has 0 radical (unpaired) electrons. The number of carbonyl (C=O) groups is 1. The van der Waals surface area contributed by atoms with E-state index in [1.807, 2.05) is 13.8 Å². The first-order valence-corrected chi connectivity index (χ1v) is 3.83. The molecule has 0 unspecified atom stereocenters. The maximum atomic E-state index is 10.8. The minimum Gasteiger partial charge on any atom is -0.325 e. The van der Waals surface area contributed by atoms with Crippen LogP contribution in [0.2, 0.25) is 0 Å². The Balaban J connectivity index is 2.84. The van der Waals surface area contributed by atoms with E-state index in [2.05, 4.69) is 10.6 Å². The molecule has 3 N–H and O–H groups in total. The highest BCUT2D eigenvalue weighted by Gasteiger charge is 2.39. The van der Waals surface area contributed by atoms with Crippen LogP contribution in [0.1, 0.15) is 26.7 Å². The fourth-order valence-corrected chi connectivity index (χ4v) is 1.32. The van der Waals surface area contributed by atoms with Crippen LogP contribution in [0, 0.1) is 5.41 Å². The second-order valence-corrected chi connectivity index (χ2v) is 2.74. The molecule has 11 heavy (non-hydrogen) atoms. The Morgan fingerprint density at radius 2 is 2.00 bits per heavy atom. The van der Waals surface area contributed by atoms with Crippen molar-refractivity contribution < 1.29 is 4.79 Å². The van der Waals surface area contributed by atoms with Gasteiger partial charge in [-0.1, -0.05) is 13.8 Å². The quantitative estimate of drug-likeness (QED) is 0.543. The molecule has 2 amide bonds. The molecule has 0 saturated carbocycles. The van der Waals surface area contributed by atoms with Crippen molar-refractivity contribution in [3.8, 4) is 0 Å². The average molecular weight is 155 g/mol. The van der Waals surface area contributed by atoms with E-state index in [0.29, 0.717) is 5.84 Å². The van der Waals surface area contributed by atoms with Crippen LogP contribution < -0.4 is 10.6 Å². The van der Waals surface area contributed by atoms with Crippen molar-refractivity contribution in [3.05, 3.63) is 0 Å². The van der Waals surface area contributed by atoms with Gasteiger partial charge in [0.1, 0.15) is 5.84 Å². The first kappa shape index (κ1) is 8.04. The molecule has 0 bridgehead atoms. The Morgan fingerprint density at radius 3 is 2.18 bits per heavy atom. The van der Waals surface area contributed by atoms with Crippen LogP contribution in [-0.2, 0) is 0 Å². The highest BCUT2D eigenvalue weighted by molar-refractivity contribution is 6.08. The lowest BCUT2D eigenvalue weighted by atomic mass is 9.93. The Labute approximate surface area is 65.9 Å². The molecule has 4 heteroatoms. The maximum Gasteiger partial charge on any atom is 0.321 e. The fraction of sp³-hybridized carbons (Fsp3) is 0.714. The predicted molar refractivity (Wildman–Crippen MR) is 42.7 cm³/mol. The van der Waals surface area contributed by atoms with Gasteiger partial charge in [-0.05, 0) is 12.8 Å². The van der Waals surface area contributed by atoms with Gasteiger partial charge in [0.25, 0.3) is 0 Å². The number of nitrogens with one attached hydrogen (secondary N) is 3. The summed E-state index contributed by atoms with van der Waals surface area (Å²) in [5.41, 5.74) is -0.420. The zero-order valence-corrected chi connectivity index (χ0v) is 6.82. The first-order valence-electron chi connectivity index (χ1n) is 3.83. The number of amides is 2. The van der Waals surface area contributed by atoms with Crippen molar-refractivity contribution in [2.75, 3.05) is 0 Å². The minimum atomic E-state index is -0.420. The topological polar surface area (TPSA) is 65.0 Å². The number of rotatable bonds is 2. The van der Waals surface area contributed by atoms with Gasteiger partial charge in [-0.2, -0.15) is 0 Å². The summed E-state index contributed by atoms with van der Waals surface area (Å²) in [6, 6.07) is -0.251. The normalized spacial score (nSPS) is 21.3. The van der Waals surface area contributed by atoms with E-state index in [4.69, 9.17) is 5.41 Å². The fourth-order valence-electron chi connectivity index (χ4n) is 1.32. The standard InChI is InChI=1S/C7H13N3O/c1-3-7(4-2)5(8)9-6(11)10-7/h3-4H2,1-2H3,(H3,8,9,10,11). The predicted octanol–water partition coefficient (Wildman–Crippen LogP) is 0.835. The van der Waals surface area contributed by atoms with Crippen molar-refractivity contribution in [2.24, 2.45) is 0 Å². The molecular weight excluding hydrogens is 142 g/mol. The largest absolute Gasteiger partial charge is 0.325 e. The molecule has 1 fully saturated rings. The summed E-state index contributed by atoms with van der Waals surface area (Å²) in [5, 5.41) is 12.7. The third-order valence-electron chi connectivity index (χ3n) is 2.28. The number of carbonyl (C=O) groups excluding carboxylic acids is 1. The van der Waals surface area contributed by atoms with E-state index in [9.17, 15) is 4.79 Å². The molecule has 4 nitrogen and oxygen atoms in total. The van der Waals surface area contributed by atoms with E-state index in [-0.39, 0.29) is 6.03 Å². The van der Waals surface area contributed by atoms with Crippen molar-refractivity contribution in [3.63, 3.8) is 0 Å². The molecular formula is C7H13N3O. The molecule has 1 saturated heterocycles. The molecule has 1 aliphatic rings. The van der Waals surface area contributed by atoms with Crippen molar-refractivity contribution in [2.45, 2.75) is 32.2 Å². The van der Waals surface area contributed by atoms with E-state index >= 15 is 0 Å². The summed E-state index contributed by atoms with van der Waals surface area (Å²) >= 11 is 0. The summed E-state index contributed by atoms with van der Waals surface area (Å²) in [4.78, 5) is 10.8. The zero-order chi connectivity index (χ0) is 8.48. The summed E-state index contributed by atoms with van der Waals surface area (Å²) in [6.45, 7) is 3.93. The highest BCUT2D eigenvalue weighted by Crippen LogP contribution is 2.18. The van der Waals surface area contributed by atoms with Crippen LogP contribution in [0.3, 0.4) is 0 Å². The van der Waals surface area contributed by atoms with Gasteiger partial charge in [-0.3, -0.25) is 10.7 Å². The number of urea groups is 1. The third-order valence-corrected chi connectivity index (χ3v) is 2.28. The molecule has 0 aromatic heterocycles. The van der Waals surface area contributed by atoms with Gasteiger partial charge in [0, 0.05) is 0 Å². The van der Waals surface area contributed by atoms with Gasteiger partial charge in [0.15, 0.2) is 0 Å². The summed E-state index contributed by atoms with van der Waals surface area (Å²) < 4.78 is 0. The smallest absolute Gasteiger partial charge is 0.321 e. The lowest BCUT2D eigenvalue weighted by Crippen LogP contribution is -2.45. The Hall–Kier alpha value is -1.06. The van der Waals surface area contributed by atoms with E-state index in [1.54, 1.807) is 0 Å². The third kappa shape index (κ3) is 1.08. The van der Waals surface area contributed by atoms with Crippen LogP contribution in [0.5, 0.6) is 0 Å². The second-order valence-electron chi connectivity index (χ2n) is 2.74. The van der Waals surface area contributed by atoms with Gasteiger partial charge in [0.2, 0.25) is 0 Å². The van der Waals surface area contributed by atoms with Gasteiger partial charge >= 0.3 is 6.03 Å². The van der Waals surface area contributed by atoms with Crippen LogP contribution in [-0.4, -0.2) is 17.4 Å². The molecule has 1 rings (SSSR count). The van der Waals surface area contributed by atoms with Gasteiger partial charge < -0.3 is 5.32 Å². The average Bonchev–Trinajstić information content (AvgIpc) is 2.27. The number of amidine groups is 1. The summed E-state index contributed by atoms with van der Waals surface area (Å²) in [5.74, 6) is 0.299. The monoisotopic (exact) mass is 155 g/mol. The maximum absolute atomic E-state index is 10.8. The molecule has 0 aliphatic carbocycles. The highest BCUT2D eigenvalue weighted by atomic mass is 16.2. The van der Waals surface area contributed by atoms with Crippen LogP contribution in [0.25, 0.3) is 0 Å². The second kappa shape index (κ2) is 2.53. The van der Waals surface area contributed by atoms with E-state index in [1.165, 1.54) is 0 Å². The van der Waals surface area contributed by atoms with Crippen molar-refractivity contribution in [1.29, 1.82) is 5.41 Å². The first-order chi connectivity index (χ1) is 5.14. The molecule has 0 aromatic carbocycles. The molecule has 1 heterocycles. The zero-order valence-electron chi connectivity index (χ0n) is 6.82. The molecule has 0 aromatic rings. The molecule has 1 aliphatic heterocycles. The Bertz CT molecular complexity index is 196. The van der Waals surface area contributed by atoms with Crippen LogP contribution >= 0.6 is 0 Å². The van der Waals surface area contributed by atoms with E-state index < -0.39 is 5.54 Å². The van der Waals surface area contributed by atoms with Gasteiger partial charge in [0.05, 0.1) is 5.54 Å². The number of hydrogen-bond acceptors (Lipinski definition) is 2. The van der Waals surface area contributed by atoms with Gasteiger partial charge in [-0.15, -0.1) is 0 Å². The lowest BCUT2D eigenvalue weighted by Gasteiger charge is -2.23. The Kier molecular flexibility index (Phi) is 1.85. The van der Waals surface area contributed by atoms with Crippen LogP contribution in [0.15, 0.2) is 0 Å². The molecule has 62 valence electrons. The molecule has 0 spiro atoms. The van der Waals surface area contributed by atoms with Crippen LogP contribution in [0.4, 0.5) is 4.79 Å². The van der Waals surface area contributed by atoms with Crippen molar-refractivity contribution in [1.82, 2.24) is 10.6 Å². The SMILES string of the molecule is CCC1(CC)NC(=O)NC1=N. The lowest BCUT2D eigenvalue weighted by molar-refractivity contribution is 0.243. The summed E-state index contributed by atoms with van der Waals surface area (Å²) in [6.07, 6.45) is 1.53. The van der Waals surface area contributed by atoms with Gasteiger partial charge in [-0.25, -0.2) is 4.79 Å².